The van der Waals surface area contributed by atoms with Crippen molar-refractivity contribution >= 4 is 27.6 Å². The average Bonchev–Trinajstić information content (AvgIpc) is 2.39. The van der Waals surface area contributed by atoms with Crippen LogP contribution in [-0.2, 0) is 0 Å². The Kier molecular flexibility index (Phi) is 2.35. The Bertz CT molecular complexity index is 935. The van der Waals surface area contributed by atoms with Crippen molar-refractivity contribution in [3.05, 3.63) is 56.6 Å². The Balaban J connectivity index is 2.47. The van der Waals surface area contributed by atoms with Crippen LogP contribution in [0.3, 0.4) is 0 Å². The van der Waals surface area contributed by atoms with Crippen molar-refractivity contribution in [3.63, 3.8) is 0 Å². The van der Waals surface area contributed by atoms with Gasteiger partial charge in [-0.15, -0.1) is 0 Å². The number of H-pyrrole nitrogens is 2. The van der Waals surface area contributed by atoms with Gasteiger partial charge in [0.2, 0.25) is 0 Å². The van der Waals surface area contributed by atoms with E-state index in [0.717, 1.165) is 10.8 Å². The number of benzene rings is 2. The molecule has 0 saturated heterocycles. The molecule has 2 aromatic carbocycles. The van der Waals surface area contributed by atoms with Crippen LogP contribution in [0.15, 0.2) is 39.9 Å². The summed E-state index contributed by atoms with van der Waals surface area (Å²) in [6.45, 7) is 1.50. The number of aromatic amines is 2. The molecule has 0 amide bonds. The van der Waals surface area contributed by atoms with E-state index < -0.39 is 11.1 Å². The van der Waals surface area contributed by atoms with Gasteiger partial charge in [-0.25, -0.2) is 0 Å². The van der Waals surface area contributed by atoms with E-state index in [1.54, 1.807) is 30.3 Å². The fourth-order valence-corrected chi connectivity index (χ4v) is 2.14. The summed E-state index contributed by atoms with van der Waals surface area (Å²) in [5.74, 6) is -0.0167. The second-order valence-electron chi connectivity index (χ2n) is 4.39. The fraction of sp³-hybridized carbons (Fsp3) is 0.0714. The normalized spacial score (nSPS) is 11.0. The maximum absolute atomic E-state index is 11.4. The number of carbonyl (C=O) groups excluding carboxylic acids is 1. The minimum atomic E-state index is -0.685. The lowest BCUT2D eigenvalue weighted by molar-refractivity contribution is 0.101. The lowest BCUT2D eigenvalue weighted by Gasteiger charge is -2.04. The molecule has 0 atom stereocenters. The predicted octanol–water partition coefficient (Wildman–Crippen LogP) is 1.57. The van der Waals surface area contributed by atoms with E-state index in [9.17, 15) is 14.4 Å². The van der Waals surface area contributed by atoms with Gasteiger partial charge in [0.25, 0.3) is 0 Å². The summed E-state index contributed by atoms with van der Waals surface area (Å²) in [6, 6.07) is 8.74. The zero-order valence-electron chi connectivity index (χ0n) is 10.1. The van der Waals surface area contributed by atoms with Crippen LogP contribution < -0.4 is 11.1 Å². The zero-order chi connectivity index (χ0) is 13.6. The summed E-state index contributed by atoms with van der Waals surface area (Å²) in [6.07, 6.45) is 0. The van der Waals surface area contributed by atoms with Crippen molar-refractivity contribution in [1.82, 2.24) is 9.97 Å². The van der Waals surface area contributed by atoms with Gasteiger partial charge in [-0.05, 0) is 24.4 Å². The number of Topliss-reactive ketones (excluding diaryl/α,β-unsaturated/α-hetero) is 1. The molecule has 3 rings (SSSR count). The van der Waals surface area contributed by atoms with Gasteiger partial charge in [-0.1, -0.05) is 18.2 Å². The van der Waals surface area contributed by atoms with Crippen LogP contribution in [0.1, 0.15) is 17.3 Å². The highest BCUT2D eigenvalue weighted by atomic mass is 16.2. The van der Waals surface area contributed by atoms with E-state index in [1.807, 2.05) is 0 Å². The van der Waals surface area contributed by atoms with Gasteiger partial charge < -0.3 is 9.97 Å². The average molecular weight is 254 g/mol. The lowest BCUT2D eigenvalue weighted by atomic mass is 10.0. The van der Waals surface area contributed by atoms with Gasteiger partial charge in [0.15, 0.2) is 5.78 Å². The molecule has 1 aromatic heterocycles. The molecule has 0 spiro atoms. The van der Waals surface area contributed by atoms with Crippen LogP contribution in [0.4, 0.5) is 0 Å². The van der Waals surface area contributed by atoms with Crippen LogP contribution in [0.25, 0.3) is 21.8 Å². The molecule has 2 N–H and O–H groups in total. The maximum atomic E-state index is 11.4. The number of ketones is 1. The molecule has 0 bridgehead atoms. The Morgan fingerprint density at radius 3 is 2.47 bits per heavy atom. The first kappa shape index (κ1) is 11.4. The third-order valence-corrected chi connectivity index (χ3v) is 3.12. The monoisotopic (exact) mass is 254 g/mol. The Labute approximate surface area is 106 Å². The van der Waals surface area contributed by atoms with Gasteiger partial charge in [0.1, 0.15) is 0 Å². The highest BCUT2D eigenvalue weighted by Gasteiger charge is 2.06. The first-order valence-corrected chi connectivity index (χ1v) is 5.76. The number of nitrogens with one attached hydrogen (secondary N) is 2. The number of rotatable bonds is 1. The SMILES string of the molecule is CC(=O)c1ccc2c(ccc3[nH]c(=O)c(=O)[nH]c32)c1. The zero-order valence-corrected chi connectivity index (χ0v) is 10.1. The van der Waals surface area contributed by atoms with Crippen molar-refractivity contribution in [2.45, 2.75) is 6.92 Å². The van der Waals surface area contributed by atoms with Crippen LogP contribution in [0.2, 0.25) is 0 Å². The molecule has 0 aliphatic carbocycles. The molecule has 5 heteroatoms. The second kappa shape index (κ2) is 3.91. The van der Waals surface area contributed by atoms with Gasteiger partial charge in [0, 0.05) is 10.9 Å². The second-order valence-corrected chi connectivity index (χ2v) is 4.39. The van der Waals surface area contributed by atoms with Gasteiger partial charge in [-0.2, -0.15) is 0 Å². The number of fused-ring (bicyclic) bond motifs is 3. The van der Waals surface area contributed by atoms with Crippen molar-refractivity contribution in [2.75, 3.05) is 0 Å². The molecule has 94 valence electrons. The van der Waals surface area contributed by atoms with E-state index in [-0.39, 0.29) is 5.78 Å². The van der Waals surface area contributed by atoms with E-state index in [4.69, 9.17) is 0 Å². The van der Waals surface area contributed by atoms with Gasteiger partial charge >= 0.3 is 11.1 Å². The third kappa shape index (κ3) is 1.76. The van der Waals surface area contributed by atoms with Gasteiger partial charge in [0.05, 0.1) is 11.0 Å². The molecular formula is C14H10N2O3. The minimum Gasteiger partial charge on any atom is -0.316 e. The smallest absolute Gasteiger partial charge is 0.314 e. The first-order valence-electron chi connectivity index (χ1n) is 5.76. The Morgan fingerprint density at radius 1 is 1.00 bits per heavy atom. The summed E-state index contributed by atoms with van der Waals surface area (Å²) in [4.78, 5) is 39.1. The molecule has 0 aliphatic heterocycles. The maximum Gasteiger partial charge on any atom is 0.314 e. The quantitative estimate of drug-likeness (QED) is 0.393. The summed E-state index contributed by atoms with van der Waals surface area (Å²) in [7, 11) is 0. The highest BCUT2D eigenvalue weighted by Crippen LogP contribution is 2.22. The topological polar surface area (TPSA) is 82.8 Å². The van der Waals surface area contributed by atoms with E-state index in [2.05, 4.69) is 9.97 Å². The standard InChI is InChI=1S/C14H10N2O3/c1-7(17)8-2-4-10-9(6-8)3-5-11-12(10)16-14(19)13(18)15-11/h2-6H,1H3,(H,15,18)(H,16,19). The van der Waals surface area contributed by atoms with E-state index in [1.165, 1.54) is 6.92 Å². The fourth-order valence-electron chi connectivity index (χ4n) is 2.14. The molecule has 0 saturated carbocycles. The van der Waals surface area contributed by atoms with E-state index in [0.29, 0.717) is 16.6 Å². The number of aromatic nitrogens is 2. The molecule has 19 heavy (non-hydrogen) atoms. The Hall–Kier alpha value is -2.69. The van der Waals surface area contributed by atoms with Crippen LogP contribution >= 0.6 is 0 Å². The molecule has 0 unspecified atom stereocenters. The molecule has 1 heterocycles. The molecule has 0 aliphatic rings. The van der Waals surface area contributed by atoms with Crippen LogP contribution in [0, 0.1) is 0 Å². The summed E-state index contributed by atoms with van der Waals surface area (Å²) < 4.78 is 0. The molecule has 0 fully saturated rings. The molecule has 5 nitrogen and oxygen atoms in total. The molecule has 0 radical (unpaired) electrons. The number of hydrogen-bond acceptors (Lipinski definition) is 3. The third-order valence-electron chi connectivity index (χ3n) is 3.12. The lowest BCUT2D eigenvalue weighted by Crippen LogP contribution is -2.28. The number of carbonyl (C=O) groups is 1. The van der Waals surface area contributed by atoms with Crippen LogP contribution in [-0.4, -0.2) is 15.8 Å². The van der Waals surface area contributed by atoms with E-state index >= 15 is 0 Å². The largest absolute Gasteiger partial charge is 0.316 e. The first-order chi connectivity index (χ1) is 9.06. The molecular weight excluding hydrogens is 244 g/mol. The minimum absolute atomic E-state index is 0.0167. The Morgan fingerprint density at radius 2 is 1.74 bits per heavy atom. The van der Waals surface area contributed by atoms with Crippen molar-refractivity contribution < 1.29 is 4.79 Å². The number of hydrogen-bond donors (Lipinski definition) is 2. The van der Waals surface area contributed by atoms with Crippen LogP contribution in [0.5, 0.6) is 0 Å². The highest BCUT2D eigenvalue weighted by molar-refractivity contribution is 6.06. The van der Waals surface area contributed by atoms with Crippen molar-refractivity contribution in [2.24, 2.45) is 0 Å². The summed E-state index contributed by atoms with van der Waals surface area (Å²) in [5, 5.41) is 1.62. The van der Waals surface area contributed by atoms with Crippen molar-refractivity contribution in [1.29, 1.82) is 0 Å². The summed E-state index contributed by atoms with van der Waals surface area (Å²) in [5.41, 5.74) is 0.381. The summed E-state index contributed by atoms with van der Waals surface area (Å²) >= 11 is 0. The molecule has 3 aromatic rings. The van der Waals surface area contributed by atoms with Crippen molar-refractivity contribution in [3.8, 4) is 0 Å². The predicted molar refractivity (Wildman–Crippen MR) is 72.7 cm³/mol. The van der Waals surface area contributed by atoms with Gasteiger partial charge in [-0.3, -0.25) is 14.4 Å².